The van der Waals surface area contributed by atoms with Crippen molar-refractivity contribution >= 4 is 0 Å². The van der Waals surface area contributed by atoms with Crippen molar-refractivity contribution in [2.75, 3.05) is 0 Å². The first-order chi connectivity index (χ1) is 12.1. The van der Waals surface area contributed by atoms with Gasteiger partial charge in [0.25, 0.3) is 0 Å². The highest BCUT2D eigenvalue weighted by Crippen LogP contribution is 2.42. The average Bonchev–Trinajstić information content (AvgIpc) is 3.39. The van der Waals surface area contributed by atoms with Crippen LogP contribution in [0.2, 0.25) is 0 Å². The summed E-state index contributed by atoms with van der Waals surface area (Å²) in [7, 11) is 0. The van der Waals surface area contributed by atoms with Gasteiger partial charge in [0, 0.05) is 35.8 Å². The molecule has 1 heterocycles. The van der Waals surface area contributed by atoms with Crippen molar-refractivity contribution in [2.45, 2.75) is 63.1 Å². The maximum absolute atomic E-state index is 9.88. The normalized spacial score (nSPS) is 28.7. The summed E-state index contributed by atoms with van der Waals surface area (Å²) in [4.78, 5) is 4.62. The molecule has 2 aliphatic carbocycles. The highest BCUT2D eigenvalue weighted by Gasteiger charge is 2.40. The van der Waals surface area contributed by atoms with Crippen LogP contribution in [0.4, 0.5) is 0 Å². The van der Waals surface area contributed by atoms with E-state index in [1.807, 2.05) is 25.3 Å². The molecular formula is C21H27N3O. The molecule has 1 aromatic heterocycles. The Kier molecular flexibility index (Phi) is 4.48. The van der Waals surface area contributed by atoms with E-state index in [-0.39, 0.29) is 0 Å². The smallest absolute Gasteiger partial charge is 0.119 e. The van der Waals surface area contributed by atoms with Crippen molar-refractivity contribution in [3.05, 3.63) is 47.7 Å². The first kappa shape index (κ1) is 16.6. The third-order valence-electron chi connectivity index (χ3n) is 5.73. The number of hydrogen-bond donors (Lipinski definition) is 3. The number of aromatic hydroxyl groups is 1. The van der Waals surface area contributed by atoms with Gasteiger partial charge >= 0.3 is 0 Å². The second-order valence-electron chi connectivity index (χ2n) is 7.71. The molecule has 0 aliphatic heterocycles. The Labute approximate surface area is 149 Å². The largest absolute Gasteiger partial charge is 0.508 e. The zero-order valence-electron chi connectivity index (χ0n) is 14.8. The van der Waals surface area contributed by atoms with Crippen LogP contribution in [-0.2, 0) is 0 Å². The van der Waals surface area contributed by atoms with Gasteiger partial charge in [0.1, 0.15) is 5.75 Å². The molecule has 4 N–H and O–H groups in total. The summed E-state index contributed by atoms with van der Waals surface area (Å²) < 4.78 is 0. The van der Waals surface area contributed by atoms with Crippen molar-refractivity contribution in [3.63, 3.8) is 0 Å². The van der Waals surface area contributed by atoms with E-state index in [2.05, 4.69) is 22.4 Å². The molecule has 25 heavy (non-hydrogen) atoms. The molecule has 4 nitrogen and oxygen atoms in total. The lowest BCUT2D eigenvalue weighted by Gasteiger charge is -2.27. The number of phenols is 1. The summed E-state index contributed by atoms with van der Waals surface area (Å²) in [6.45, 7) is 1.90. The fourth-order valence-electron chi connectivity index (χ4n) is 3.90. The van der Waals surface area contributed by atoms with Crippen LogP contribution in [0.3, 0.4) is 0 Å². The summed E-state index contributed by atoms with van der Waals surface area (Å²) in [5.41, 5.74) is 10.1. The molecule has 0 amide bonds. The van der Waals surface area contributed by atoms with Gasteiger partial charge in [-0.25, -0.2) is 0 Å². The minimum Gasteiger partial charge on any atom is -0.508 e. The number of nitrogens with one attached hydrogen (secondary N) is 1. The zero-order chi connectivity index (χ0) is 17.4. The van der Waals surface area contributed by atoms with Crippen LogP contribution in [0.25, 0.3) is 11.3 Å². The lowest BCUT2D eigenvalue weighted by atomic mass is 9.92. The number of aryl methyl sites for hydroxylation is 1. The molecule has 2 aromatic rings. The maximum atomic E-state index is 9.88. The Hall–Kier alpha value is -1.91. The predicted octanol–water partition coefficient (Wildman–Crippen LogP) is 3.48. The molecule has 2 fully saturated rings. The monoisotopic (exact) mass is 337 g/mol. The Morgan fingerprint density at radius 2 is 1.92 bits per heavy atom. The van der Waals surface area contributed by atoms with Crippen molar-refractivity contribution in [3.8, 4) is 17.0 Å². The maximum Gasteiger partial charge on any atom is 0.119 e. The van der Waals surface area contributed by atoms with E-state index in [0.717, 1.165) is 29.7 Å². The zero-order valence-corrected chi connectivity index (χ0v) is 14.8. The van der Waals surface area contributed by atoms with Gasteiger partial charge in [-0.15, -0.1) is 0 Å². The lowest BCUT2D eigenvalue weighted by molar-refractivity contribution is 0.339. The predicted molar refractivity (Wildman–Crippen MR) is 101 cm³/mol. The number of aromatic nitrogens is 1. The van der Waals surface area contributed by atoms with Gasteiger partial charge in [-0.05, 0) is 62.3 Å². The highest BCUT2D eigenvalue weighted by atomic mass is 16.3. The standard InChI is InChI=1S/C21H27N3O/c1-13-2-3-14(10-21(13)25)19-9-4-15(12-23-19)18-11-20(18)24-17-7-5-16(22)6-8-17/h2-4,9-10,12,16-18,20,24-25H,5-8,11,22H2,1H3/t16?,17?,18-,20+/m0/s1. The molecular weight excluding hydrogens is 310 g/mol. The molecule has 0 radical (unpaired) electrons. The molecule has 0 saturated heterocycles. The van der Waals surface area contributed by atoms with Gasteiger partial charge < -0.3 is 16.2 Å². The summed E-state index contributed by atoms with van der Waals surface area (Å²) in [6, 6.07) is 11.6. The molecule has 4 rings (SSSR count). The van der Waals surface area contributed by atoms with E-state index in [9.17, 15) is 5.11 Å². The van der Waals surface area contributed by atoms with Crippen molar-refractivity contribution < 1.29 is 5.11 Å². The topological polar surface area (TPSA) is 71.2 Å². The molecule has 1 aromatic carbocycles. The third-order valence-corrected chi connectivity index (χ3v) is 5.73. The number of nitrogens with zero attached hydrogens (tertiary/aromatic N) is 1. The fraction of sp³-hybridized carbons (Fsp3) is 0.476. The van der Waals surface area contributed by atoms with E-state index in [0.29, 0.717) is 29.8 Å². The van der Waals surface area contributed by atoms with E-state index in [1.165, 1.54) is 24.8 Å². The fourth-order valence-corrected chi connectivity index (χ4v) is 3.90. The van der Waals surface area contributed by atoms with Crippen molar-refractivity contribution in [1.29, 1.82) is 0 Å². The summed E-state index contributed by atoms with van der Waals surface area (Å²) >= 11 is 0. The lowest BCUT2D eigenvalue weighted by Crippen LogP contribution is -2.38. The third kappa shape index (κ3) is 3.70. The number of hydrogen-bond acceptors (Lipinski definition) is 4. The first-order valence-corrected chi connectivity index (χ1v) is 9.37. The first-order valence-electron chi connectivity index (χ1n) is 9.37. The molecule has 2 atom stereocenters. The van der Waals surface area contributed by atoms with Crippen LogP contribution in [0.1, 0.15) is 49.1 Å². The molecule has 4 heteroatoms. The van der Waals surface area contributed by atoms with Crippen molar-refractivity contribution in [1.82, 2.24) is 10.3 Å². The SMILES string of the molecule is Cc1ccc(-c2ccc([C@@H]3C[C@H]3NC3CCC(N)CC3)cn2)cc1O. The molecule has 132 valence electrons. The summed E-state index contributed by atoms with van der Waals surface area (Å²) in [5, 5.41) is 13.7. The van der Waals surface area contributed by atoms with Crippen molar-refractivity contribution in [2.24, 2.45) is 5.73 Å². The van der Waals surface area contributed by atoms with Crippen LogP contribution >= 0.6 is 0 Å². The van der Waals surface area contributed by atoms with Gasteiger partial charge in [0.2, 0.25) is 0 Å². The average molecular weight is 337 g/mol. The van der Waals surface area contributed by atoms with Crippen LogP contribution in [0.15, 0.2) is 36.5 Å². The second-order valence-corrected chi connectivity index (χ2v) is 7.71. The minimum absolute atomic E-state index is 0.321. The van der Waals surface area contributed by atoms with E-state index in [4.69, 9.17) is 5.73 Å². The molecule has 0 unspecified atom stereocenters. The van der Waals surface area contributed by atoms with Gasteiger partial charge in [0.15, 0.2) is 0 Å². The van der Waals surface area contributed by atoms with Crippen LogP contribution in [0, 0.1) is 6.92 Å². The van der Waals surface area contributed by atoms with Crippen LogP contribution in [0.5, 0.6) is 5.75 Å². The molecule has 2 saturated carbocycles. The second kappa shape index (κ2) is 6.77. The van der Waals surface area contributed by atoms with E-state index >= 15 is 0 Å². The number of nitrogens with two attached hydrogens (primary N) is 1. The molecule has 0 bridgehead atoms. The summed E-state index contributed by atoms with van der Waals surface area (Å²) in [6.07, 6.45) is 7.91. The Morgan fingerprint density at radius 3 is 2.60 bits per heavy atom. The number of benzene rings is 1. The number of phenolic OH excluding ortho intramolecular Hbond substituents is 1. The number of rotatable bonds is 4. The Morgan fingerprint density at radius 1 is 1.12 bits per heavy atom. The number of pyridine rings is 1. The summed E-state index contributed by atoms with van der Waals surface area (Å²) in [5.74, 6) is 0.908. The van der Waals surface area contributed by atoms with Gasteiger partial charge in [0.05, 0.1) is 5.69 Å². The minimum atomic E-state index is 0.321. The van der Waals surface area contributed by atoms with Gasteiger partial charge in [-0.1, -0.05) is 18.2 Å². The Bertz CT molecular complexity index is 735. The molecule has 0 spiro atoms. The molecule has 2 aliphatic rings. The quantitative estimate of drug-likeness (QED) is 0.799. The van der Waals surface area contributed by atoms with Crippen LogP contribution < -0.4 is 11.1 Å². The van der Waals surface area contributed by atoms with E-state index < -0.39 is 0 Å². The van der Waals surface area contributed by atoms with E-state index in [1.54, 1.807) is 6.07 Å². The Balaban J connectivity index is 1.37. The van der Waals surface area contributed by atoms with Crippen LogP contribution in [-0.4, -0.2) is 28.2 Å². The van der Waals surface area contributed by atoms with Gasteiger partial charge in [-0.3, -0.25) is 4.98 Å². The highest BCUT2D eigenvalue weighted by molar-refractivity contribution is 5.62. The van der Waals surface area contributed by atoms with Gasteiger partial charge in [-0.2, -0.15) is 0 Å².